The Kier molecular flexibility index (Phi) is 4.45. The molecule has 23 heavy (non-hydrogen) atoms. The Morgan fingerprint density at radius 3 is 2.74 bits per heavy atom. The molecule has 0 radical (unpaired) electrons. The first-order valence-electron chi connectivity index (χ1n) is 7.72. The zero-order valence-corrected chi connectivity index (χ0v) is 13.4. The number of aromatic nitrogens is 3. The number of nitrogens with one attached hydrogen (secondary N) is 1. The van der Waals surface area contributed by atoms with Crippen LogP contribution in [-0.2, 0) is 7.05 Å². The molecule has 0 spiro atoms. The van der Waals surface area contributed by atoms with E-state index >= 15 is 0 Å². The summed E-state index contributed by atoms with van der Waals surface area (Å²) < 4.78 is 6.80. The quantitative estimate of drug-likeness (QED) is 0.918. The van der Waals surface area contributed by atoms with Crippen LogP contribution in [-0.4, -0.2) is 46.9 Å². The summed E-state index contributed by atoms with van der Waals surface area (Å²) in [4.78, 5) is 18.8. The number of rotatable bonds is 4. The predicted octanol–water partition coefficient (Wildman–Crippen LogP) is 1.22. The average molecular weight is 315 g/mol. The second-order valence-corrected chi connectivity index (χ2v) is 5.65. The van der Waals surface area contributed by atoms with E-state index in [2.05, 4.69) is 20.3 Å². The van der Waals surface area contributed by atoms with Crippen LogP contribution in [0.25, 0.3) is 0 Å². The second-order valence-electron chi connectivity index (χ2n) is 5.65. The van der Waals surface area contributed by atoms with Crippen LogP contribution in [0.3, 0.4) is 0 Å². The fourth-order valence-electron chi connectivity index (χ4n) is 2.74. The smallest absolute Gasteiger partial charge is 0.271 e. The Bertz CT molecular complexity index is 677. The summed E-state index contributed by atoms with van der Waals surface area (Å²) in [5, 5.41) is 7.18. The Morgan fingerprint density at radius 2 is 2.09 bits per heavy atom. The molecule has 0 unspecified atom stereocenters. The first-order chi connectivity index (χ1) is 11.2. The monoisotopic (exact) mass is 315 g/mol. The lowest BCUT2D eigenvalue weighted by atomic mass is 10.0. The molecule has 0 aliphatic carbocycles. The van der Waals surface area contributed by atoms with Gasteiger partial charge in [0.15, 0.2) is 0 Å². The molecule has 1 N–H and O–H groups in total. The molecule has 7 nitrogen and oxygen atoms in total. The third-order valence-electron chi connectivity index (χ3n) is 4.02. The summed E-state index contributed by atoms with van der Waals surface area (Å²) in [6.45, 7) is 1.71. The fourth-order valence-corrected chi connectivity index (χ4v) is 2.74. The van der Waals surface area contributed by atoms with Gasteiger partial charge in [-0.15, -0.1) is 0 Å². The third kappa shape index (κ3) is 3.61. The zero-order chi connectivity index (χ0) is 16.2. The Balaban J connectivity index is 1.55. The zero-order valence-electron chi connectivity index (χ0n) is 13.4. The summed E-state index contributed by atoms with van der Waals surface area (Å²) in [6, 6.07) is 7.66. The molecule has 2 aromatic rings. The van der Waals surface area contributed by atoms with E-state index in [-0.39, 0.29) is 11.9 Å². The van der Waals surface area contributed by atoms with Crippen molar-refractivity contribution in [2.75, 3.05) is 25.1 Å². The van der Waals surface area contributed by atoms with Gasteiger partial charge in [0.2, 0.25) is 5.88 Å². The molecule has 1 fully saturated rings. The SMILES string of the molecule is COc1cccc(N2CCC(NC(=O)c3ccn(C)n3)CC2)n1. The van der Waals surface area contributed by atoms with E-state index in [9.17, 15) is 4.79 Å². The first-order valence-corrected chi connectivity index (χ1v) is 7.72. The van der Waals surface area contributed by atoms with E-state index in [1.807, 2.05) is 18.2 Å². The van der Waals surface area contributed by atoms with Crippen LogP contribution in [0.4, 0.5) is 5.82 Å². The number of aryl methyl sites for hydroxylation is 1. The number of piperidine rings is 1. The number of carbonyl (C=O) groups is 1. The normalized spacial score (nSPS) is 15.5. The number of hydrogen-bond acceptors (Lipinski definition) is 5. The van der Waals surface area contributed by atoms with Crippen LogP contribution in [0.1, 0.15) is 23.3 Å². The average Bonchev–Trinajstić information content (AvgIpc) is 3.02. The highest BCUT2D eigenvalue weighted by Crippen LogP contribution is 2.20. The van der Waals surface area contributed by atoms with Crippen molar-refractivity contribution < 1.29 is 9.53 Å². The molecule has 3 rings (SSSR count). The van der Waals surface area contributed by atoms with Crippen LogP contribution in [0, 0.1) is 0 Å². The number of nitrogens with zero attached hydrogens (tertiary/aromatic N) is 4. The summed E-state index contributed by atoms with van der Waals surface area (Å²) in [7, 11) is 3.42. The van der Waals surface area contributed by atoms with E-state index < -0.39 is 0 Å². The van der Waals surface area contributed by atoms with E-state index in [4.69, 9.17) is 4.74 Å². The molecule has 1 saturated heterocycles. The minimum Gasteiger partial charge on any atom is -0.481 e. The van der Waals surface area contributed by atoms with Gasteiger partial charge >= 0.3 is 0 Å². The van der Waals surface area contributed by atoms with Crippen molar-refractivity contribution in [3.05, 3.63) is 36.2 Å². The standard InChI is InChI=1S/C16H21N5O2/c1-20-9-8-13(19-20)16(22)17-12-6-10-21(11-7-12)14-4-3-5-15(18-14)23-2/h3-5,8-9,12H,6-7,10-11H2,1-2H3,(H,17,22). The third-order valence-corrected chi connectivity index (χ3v) is 4.02. The topological polar surface area (TPSA) is 72.3 Å². The molecule has 7 heteroatoms. The lowest BCUT2D eigenvalue weighted by Gasteiger charge is -2.33. The number of anilines is 1. The molecular weight excluding hydrogens is 294 g/mol. The van der Waals surface area contributed by atoms with E-state index in [1.165, 1.54) is 0 Å². The van der Waals surface area contributed by atoms with Crippen LogP contribution >= 0.6 is 0 Å². The van der Waals surface area contributed by atoms with Crippen molar-refractivity contribution in [2.24, 2.45) is 7.05 Å². The second kappa shape index (κ2) is 6.68. The van der Waals surface area contributed by atoms with Crippen molar-refractivity contribution in [3.63, 3.8) is 0 Å². The molecule has 0 aromatic carbocycles. The van der Waals surface area contributed by atoms with Gasteiger partial charge in [-0.05, 0) is 25.0 Å². The molecule has 2 aromatic heterocycles. The van der Waals surface area contributed by atoms with Crippen molar-refractivity contribution in [3.8, 4) is 5.88 Å². The Hall–Kier alpha value is -2.57. The highest BCUT2D eigenvalue weighted by atomic mass is 16.5. The van der Waals surface area contributed by atoms with Crippen molar-refractivity contribution >= 4 is 11.7 Å². The van der Waals surface area contributed by atoms with Gasteiger partial charge in [0.05, 0.1) is 7.11 Å². The summed E-state index contributed by atoms with van der Waals surface area (Å²) in [6.07, 6.45) is 3.54. The van der Waals surface area contributed by atoms with E-state index in [1.54, 1.807) is 31.1 Å². The van der Waals surface area contributed by atoms with Crippen LogP contribution in [0.5, 0.6) is 5.88 Å². The minimum atomic E-state index is -0.108. The number of amides is 1. The highest BCUT2D eigenvalue weighted by molar-refractivity contribution is 5.92. The Labute approximate surface area is 135 Å². The summed E-state index contributed by atoms with van der Waals surface area (Å²) >= 11 is 0. The first kappa shape index (κ1) is 15.3. The molecule has 122 valence electrons. The summed E-state index contributed by atoms with van der Waals surface area (Å²) in [5.74, 6) is 1.43. The van der Waals surface area contributed by atoms with Gasteiger partial charge in [0, 0.05) is 38.4 Å². The van der Waals surface area contributed by atoms with E-state index in [0.717, 1.165) is 31.7 Å². The van der Waals surface area contributed by atoms with Gasteiger partial charge in [-0.2, -0.15) is 10.1 Å². The largest absolute Gasteiger partial charge is 0.481 e. The van der Waals surface area contributed by atoms with Gasteiger partial charge in [-0.3, -0.25) is 9.48 Å². The van der Waals surface area contributed by atoms with Crippen LogP contribution in [0.15, 0.2) is 30.5 Å². The molecule has 0 bridgehead atoms. The molecule has 3 heterocycles. The lowest BCUT2D eigenvalue weighted by molar-refractivity contribution is 0.0925. The maximum atomic E-state index is 12.1. The molecule has 0 saturated carbocycles. The number of methoxy groups -OCH3 is 1. The molecule has 1 aliphatic heterocycles. The van der Waals surface area contributed by atoms with Gasteiger partial charge in [-0.1, -0.05) is 6.07 Å². The lowest BCUT2D eigenvalue weighted by Crippen LogP contribution is -2.45. The number of pyridine rings is 1. The number of carbonyl (C=O) groups excluding carboxylic acids is 1. The minimum absolute atomic E-state index is 0.108. The highest BCUT2D eigenvalue weighted by Gasteiger charge is 2.22. The van der Waals surface area contributed by atoms with Gasteiger partial charge < -0.3 is 15.0 Å². The maximum absolute atomic E-state index is 12.1. The molecule has 1 amide bonds. The fraction of sp³-hybridized carbons (Fsp3) is 0.438. The maximum Gasteiger partial charge on any atom is 0.271 e. The van der Waals surface area contributed by atoms with Gasteiger partial charge in [-0.25, -0.2) is 0 Å². The van der Waals surface area contributed by atoms with Crippen molar-refractivity contribution in [1.82, 2.24) is 20.1 Å². The van der Waals surface area contributed by atoms with Gasteiger partial charge in [0.25, 0.3) is 5.91 Å². The number of ether oxygens (including phenoxy) is 1. The number of hydrogen-bond donors (Lipinski definition) is 1. The van der Waals surface area contributed by atoms with E-state index in [0.29, 0.717) is 11.6 Å². The summed E-state index contributed by atoms with van der Waals surface area (Å²) in [5.41, 5.74) is 0.462. The predicted molar refractivity (Wildman–Crippen MR) is 86.7 cm³/mol. The van der Waals surface area contributed by atoms with Crippen molar-refractivity contribution in [1.29, 1.82) is 0 Å². The Morgan fingerprint density at radius 1 is 1.30 bits per heavy atom. The molecule has 1 aliphatic rings. The van der Waals surface area contributed by atoms with Gasteiger partial charge in [0.1, 0.15) is 11.5 Å². The molecule has 0 atom stereocenters. The van der Waals surface area contributed by atoms with Crippen molar-refractivity contribution in [2.45, 2.75) is 18.9 Å². The molecular formula is C16H21N5O2. The van der Waals surface area contributed by atoms with Crippen LogP contribution < -0.4 is 15.0 Å². The van der Waals surface area contributed by atoms with Crippen LogP contribution in [0.2, 0.25) is 0 Å².